The fourth-order valence-corrected chi connectivity index (χ4v) is 1.60. The molecule has 0 bridgehead atoms. The summed E-state index contributed by atoms with van der Waals surface area (Å²) >= 11 is 0. The van der Waals surface area contributed by atoms with E-state index in [1.165, 1.54) is 0 Å². The van der Waals surface area contributed by atoms with Crippen LogP contribution >= 0.6 is 0 Å². The molecular weight excluding hydrogens is 245 g/mol. The third-order valence-corrected chi connectivity index (χ3v) is 3.10. The highest BCUT2D eigenvalue weighted by Crippen LogP contribution is 2.28. The molecule has 0 rings (SSSR count). The second kappa shape index (κ2) is 4.04. The average Bonchev–Trinajstić information content (AvgIpc) is 1.96. The van der Waals surface area contributed by atoms with Crippen molar-refractivity contribution in [2.24, 2.45) is 0 Å². The van der Waals surface area contributed by atoms with E-state index in [0.29, 0.717) is 0 Å². The van der Waals surface area contributed by atoms with Gasteiger partial charge in [0, 0.05) is 0 Å². The highest BCUT2D eigenvalue weighted by Gasteiger charge is 2.54. The number of halogens is 3. The van der Waals surface area contributed by atoms with Crippen molar-refractivity contribution >= 4 is 21.8 Å². The minimum atomic E-state index is -6.01. The number of carboxylic acids is 2. The van der Waals surface area contributed by atoms with Crippen LogP contribution in [0.1, 0.15) is 6.42 Å². The molecular formula is C5H5F3O6S. The van der Waals surface area contributed by atoms with Gasteiger partial charge >= 0.3 is 17.4 Å². The molecule has 15 heavy (non-hydrogen) atoms. The standard InChI is InChI=1S/C5H5F3O6S/c6-5(7,8)15(13,14)2(4(11)12)1-3(9)10/h2H,1H2,(H,9,10)(H,11,12)/t2-/m1/s1. The first-order valence-electron chi connectivity index (χ1n) is 3.25. The summed E-state index contributed by atoms with van der Waals surface area (Å²) in [7, 11) is -6.01. The quantitative estimate of drug-likeness (QED) is 0.718. The largest absolute Gasteiger partial charge is 0.498 e. The Morgan fingerprint density at radius 2 is 1.60 bits per heavy atom. The molecule has 0 unspecified atom stereocenters. The molecule has 0 aliphatic heterocycles. The summed E-state index contributed by atoms with van der Waals surface area (Å²) < 4.78 is 56.7. The normalized spacial score (nSPS) is 14.6. The van der Waals surface area contributed by atoms with E-state index in [1.54, 1.807) is 0 Å². The van der Waals surface area contributed by atoms with E-state index < -0.39 is 39.0 Å². The molecule has 0 aliphatic rings. The van der Waals surface area contributed by atoms with Crippen molar-refractivity contribution in [1.82, 2.24) is 0 Å². The Balaban J connectivity index is 5.29. The highest BCUT2D eigenvalue weighted by molar-refractivity contribution is 7.93. The van der Waals surface area contributed by atoms with Gasteiger partial charge in [0.15, 0.2) is 5.25 Å². The summed E-state index contributed by atoms with van der Waals surface area (Å²) in [5.41, 5.74) is -5.79. The molecule has 0 amide bonds. The number of hydrogen-bond acceptors (Lipinski definition) is 4. The lowest BCUT2D eigenvalue weighted by Gasteiger charge is -2.13. The molecule has 0 aliphatic carbocycles. The smallest absolute Gasteiger partial charge is 0.481 e. The zero-order chi connectivity index (χ0) is 12.4. The van der Waals surface area contributed by atoms with Gasteiger partial charge in [-0.1, -0.05) is 0 Å². The second-order valence-corrected chi connectivity index (χ2v) is 4.54. The minimum absolute atomic E-state index is 1.64. The van der Waals surface area contributed by atoms with Crippen LogP contribution in [0.5, 0.6) is 0 Å². The lowest BCUT2D eigenvalue weighted by molar-refractivity contribution is -0.143. The molecule has 0 radical (unpaired) electrons. The van der Waals surface area contributed by atoms with Crippen LogP contribution in [0.4, 0.5) is 13.2 Å². The number of rotatable bonds is 4. The van der Waals surface area contributed by atoms with Gasteiger partial charge in [0.1, 0.15) is 0 Å². The highest BCUT2D eigenvalue weighted by atomic mass is 32.2. The SMILES string of the molecule is O=C(O)C[C@H](C(=O)O)S(=O)(=O)C(F)(F)F. The van der Waals surface area contributed by atoms with Crippen molar-refractivity contribution in [3.05, 3.63) is 0 Å². The van der Waals surface area contributed by atoms with E-state index in [2.05, 4.69) is 0 Å². The maximum absolute atomic E-state index is 11.9. The van der Waals surface area contributed by atoms with Gasteiger partial charge in [0.05, 0.1) is 6.42 Å². The number of carbonyl (C=O) groups is 2. The van der Waals surface area contributed by atoms with Crippen LogP contribution in [0.3, 0.4) is 0 Å². The number of alkyl halides is 3. The Kier molecular flexibility index (Phi) is 3.69. The first-order chi connectivity index (χ1) is 6.50. The third-order valence-electron chi connectivity index (χ3n) is 1.33. The molecule has 88 valence electrons. The summed E-state index contributed by atoms with van der Waals surface area (Å²) in [5.74, 6) is -4.30. The molecule has 0 aromatic carbocycles. The molecule has 0 spiro atoms. The van der Waals surface area contributed by atoms with Gasteiger partial charge in [-0.2, -0.15) is 13.2 Å². The predicted molar refractivity (Wildman–Crippen MR) is 38.7 cm³/mol. The van der Waals surface area contributed by atoms with Crippen molar-refractivity contribution in [2.75, 3.05) is 0 Å². The van der Waals surface area contributed by atoms with E-state index in [0.717, 1.165) is 0 Å². The third kappa shape index (κ3) is 3.08. The number of sulfone groups is 1. The zero-order valence-electron chi connectivity index (χ0n) is 6.85. The van der Waals surface area contributed by atoms with E-state index >= 15 is 0 Å². The van der Waals surface area contributed by atoms with Gasteiger partial charge in [-0.25, -0.2) is 8.42 Å². The summed E-state index contributed by atoms with van der Waals surface area (Å²) in [6.45, 7) is 0. The first-order valence-corrected chi connectivity index (χ1v) is 4.79. The van der Waals surface area contributed by atoms with Gasteiger partial charge in [-0.3, -0.25) is 9.59 Å². The Hall–Kier alpha value is -1.32. The number of hydrogen-bond donors (Lipinski definition) is 2. The molecule has 0 aromatic rings. The molecule has 6 nitrogen and oxygen atoms in total. The van der Waals surface area contributed by atoms with Crippen molar-refractivity contribution in [1.29, 1.82) is 0 Å². The fourth-order valence-electron chi connectivity index (χ4n) is 0.650. The predicted octanol–water partition coefficient (Wildman–Crippen LogP) is -0.151. The summed E-state index contributed by atoms with van der Waals surface area (Å²) in [4.78, 5) is 20.2. The molecule has 0 fully saturated rings. The average molecular weight is 250 g/mol. The van der Waals surface area contributed by atoms with E-state index in [4.69, 9.17) is 10.2 Å². The zero-order valence-corrected chi connectivity index (χ0v) is 7.67. The van der Waals surface area contributed by atoms with E-state index in [9.17, 15) is 31.2 Å². The summed E-state index contributed by atoms with van der Waals surface area (Å²) in [5, 5.41) is 13.2. The number of aliphatic carboxylic acids is 2. The maximum atomic E-state index is 11.9. The van der Waals surface area contributed by atoms with Gasteiger partial charge in [0.2, 0.25) is 0 Å². The van der Waals surface area contributed by atoms with Gasteiger partial charge in [-0.15, -0.1) is 0 Å². The van der Waals surface area contributed by atoms with Crippen molar-refractivity contribution < 1.29 is 41.4 Å². The topological polar surface area (TPSA) is 109 Å². The van der Waals surface area contributed by atoms with Crippen LogP contribution in [0.15, 0.2) is 0 Å². The van der Waals surface area contributed by atoms with Crippen LogP contribution in [0, 0.1) is 0 Å². The monoisotopic (exact) mass is 250 g/mol. The fraction of sp³-hybridized carbons (Fsp3) is 0.600. The van der Waals surface area contributed by atoms with Crippen LogP contribution in [0.2, 0.25) is 0 Å². The second-order valence-electron chi connectivity index (χ2n) is 2.42. The van der Waals surface area contributed by atoms with Crippen molar-refractivity contribution in [3.63, 3.8) is 0 Å². The van der Waals surface area contributed by atoms with Crippen LogP contribution in [-0.4, -0.2) is 41.3 Å². The van der Waals surface area contributed by atoms with Crippen molar-refractivity contribution in [3.8, 4) is 0 Å². The van der Waals surface area contributed by atoms with Gasteiger partial charge in [0.25, 0.3) is 9.84 Å². The molecule has 0 aromatic heterocycles. The van der Waals surface area contributed by atoms with Gasteiger partial charge in [-0.05, 0) is 0 Å². The Labute approximate surface area is 81.2 Å². The Bertz CT molecular complexity index is 369. The molecule has 0 saturated carbocycles. The Morgan fingerprint density at radius 3 is 1.80 bits per heavy atom. The molecule has 0 heterocycles. The van der Waals surface area contributed by atoms with Crippen LogP contribution in [-0.2, 0) is 19.4 Å². The van der Waals surface area contributed by atoms with Crippen molar-refractivity contribution in [2.45, 2.75) is 17.2 Å². The summed E-state index contributed by atoms with van der Waals surface area (Å²) in [6.07, 6.45) is -1.64. The minimum Gasteiger partial charge on any atom is -0.481 e. The lowest BCUT2D eigenvalue weighted by Crippen LogP contribution is -2.40. The Morgan fingerprint density at radius 1 is 1.20 bits per heavy atom. The molecule has 0 saturated heterocycles. The summed E-state index contributed by atoms with van der Waals surface area (Å²) in [6, 6.07) is 0. The lowest BCUT2D eigenvalue weighted by atomic mass is 10.3. The molecule has 2 N–H and O–H groups in total. The number of carboxylic acid groups (broad SMARTS) is 2. The van der Waals surface area contributed by atoms with Crippen LogP contribution in [0.25, 0.3) is 0 Å². The maximum Gasteiger partial charge on any atom is 0.498 e. The van der Waals surface area contributed by atoms with Gasteiger partial charge < -0.3 is 10.2 Å². The molecule has 10 heteroatoms. The first kappa shape index (κ1) is 13.7. The van der Waals surface area contributed by atoms with E-state index in [-0.39, 0.29) is 0 Å². The van der Waals surface area contributed by atoms with Crippen LogP contribution < -0.4 is 0 Å². The molecule has 1 atom stereocenters. The van der Waals surface area contributed by atoms with E-state index in [1.807, 2.05) is 0 Å².